The fourth-order valence-corrected chi connectivity index (χ4v) is 2.95. The number of hydrogen-bond donors (Lipinski definition) is 2. The van der Waals surface area contributed by atoms with Crippen LogP contribution in [0.1, 0.15) is 25.3 Å². The Bertz CT molecular complexity index is 703. The number of amides is 1. The van der Waals surface area contributed by atoms with Gasteiger partial charge in [0.1, 0.15) is 0 Å². The maximum Gasteiger partial charge on any atom is 0.411 e. The van der Waals surface area contributed by atoms with Crippen LogP contribution in [0.3, 0.4) is 0 Å². The molecule has 0 saturated carbocycles. The van der Waals surface area contributed by atoms with Gasteiger partial charge in [-0.25, -0.2) is 4.79 Å². The highest BCUT2D eigenvalue weighted by atomic mass is 35.5. The van der Waals surface area contributed by atoms with Crippen molar-refractivity contribution in [2.75, 3.05) is 18.1 Å². The summed E-state index contributed by atoms with van der Waals surface area (Å²) >= 11 is 6.41. The molecule has 0 bridgehead atoms. The SMILES string of the molecule is CCc1cccc(-c2c(Cl)cccc2N(CCCCO)C(=O)O)c1. The summed E-state index contributed by atoms with van der Waals surface area (Å²) in [6, 6.07) is 13.3. The first kappa shape index (κ1) is 18.3. The largest absolute Gasteiger partial charge is 0.465 e. The molecule has 0 radical (unpaired) electrons. The number of carboxylic acid groups (broad SMARTS) is 1. The number of aliphatic hydroxyl groups excluding tert-OH is 1. The minimum Gasteiger partial charge on any atom is -0.465 e. The fraction of sp³-hybridized carbons (Fsp3) is 0.316. The third-order valence-corrected chi connectivity index (χ3v) is 4.24. The Kier molecular flexibility index (Phi) is 6.64. The van der Waals surface area contributed by atoms with E-state index in [1.54, 1.807) is 18.2 Å². The average molecular weight is 348 g/mol. The van der Waals surface area contributed by atoms with Crippen molar-refractivity contribution in [3.63, 3.8) is 0 Å². The topological polar surface area (TPSA) is 60.8 Å². The van der Waals surface area contributed by atoms with Crippen LogP contribution in [0.4, 0.5) is 10.5 Å². The molecule has 0 aliphatic carbocycles. The molecule has 2 rings (SSSR count). The van der Waals surface area contributed by atoms with Crippen LogP contribution >= 0.6 is 11.6 Å². The number of benzene rings is 2. The molecule has 24 heavy (non-hydrogen) atoms. The van der Waals surface area contributed by atoms with E-state index < -0.39 is 6.09 Å². The Morgan fingerprint density at radius 1 is 1.17 bits per heavy atom. The zero-order valence-electron chi connectivity index (χ0n) is 13.7. The molecule has 0 saturated heterocycles. The third-order valence-electron chi connectivity index (χ3n) is 3.93. The van der Waals surface area contributed by atoms with Crippen molar-refractivity contribution in [2.45, 2.75) is 26.2 Å². The highest BCUT2D eigenvalue weighted by molar-refractivity contribution is 6.34. The van der Waals surface area contributed by atoms with Crippen molar-refractivity contribution in [1.82, 2.24) is 0 Å². The van der Waals surface area contributed by atoms with E-state index in [2.05, 4.69) is 6.92 Å². The summed E-state index contributed by atoms with van der Waals surface area (Å²) < 4.78 is 0. The summed E-state index contributed by atoms with van der Waals surface area (Å²) in [6.07, 6.45) is 1.02. The number of unbranched alkanes of at least 4 members (excludes halogenated alkanes) is 1. The zero-order valence-corrected chi connectivity index (χ0v) is 14.5. The van der Waals surface area contributed by atoms with Crippen LogP contribution in [0.5, 0.6) is 0 Å². The van der Waals surface area contributed by atoms with Crippen molar-refractivity contribution in [3.8, 4) is 11.1 Å². The molecule has 0 atom stereocenters. The minimum absolute atomic E-state index is 0.0500. The van der Waals surface area contributed by atoms with Crippen molar-refractivity contribution < 1.29 is 15.0 Å². The molecule has 0 fully saturated rings. The van der Waals surface area contributed by atoms with Gasteiger partial charge in [-0.3, -0.25) is 4.90 Å². The van der Waals surface area contributed by atoms with Crippen LogP contribution in [-0.4, -0.2) is 29.5 Å². The van der Waals surface area contributed by atoms with Gasteiger partial charge in [0.2, 0.25) is 0 Å². The summed E-state index contributed by atoms with van der Waals surface area (Å²) in [6.45, 7) is 2.44. The summed E-state index contributed by atoms with van der Waals surface area (Å²) in [5, 5.41) is 19.1. The number of aryl methyl sites for hydroxylation is 1. The molecule has 2 N–H and O–H groups in total. The molecule has 0 heterocycles. The molecule has 0 spiro atoms. The second-order valence-electron chi connectivity index (χ2n) is 5.55. The van der Waals surface area contributed by atoms with Crippen LogP contribution < -0.4 is 4.90 Å². The quantitative estimate of drug-likeness (QED) is 0.705. The summed E-state index contributed by atoms with van der Waals surface area (Å²) in [5.74, 6) is 0. The Hall–Kier alpha value is -2.04. The number of halogens is 1. The van der Waals surface area contributed by atoms with Gasteiger partial charge in [-0.15, -0.1) is 0 Å². The number of rotatable bonds is 7. The van der Waals surface area contributed by atoms with Gasteiger partial charge in [0.25, 0.3) is 0 Å². The van der Waals surface area contributed by atoms with Gasteiger partial charge in [-0.2, -0.15) is 0 Å². The lowest BCUT2D eigenvalue weighted by Crippen LogP contribution is -2.30. The lowest BCUT2D eigenvalue weighted by Gasteiger charge is -2.23. The first-order chi connectivity index (χ1) is 11.6. The van der Waals surface area contributed by atoms with Gasteiger partial charge in [0.05, 0.1) is 10.7 Å². The second kappa shape index (κ2) is 8.71. The van der Waals surface area contributed by atoms with E-state index in [0.717, 1.165) is 17.5 Å². The first-order valence-electron chi connectivity index (χ1n) is 8.07. The van der Waals surface area contributed by atoms with Gasteiger partial charge in [-0.05, 0) is 42.5 Å². The molecular weight excluding hydrogens is 326 g/mol. The lowest BCUT2D eigenvalue weighted by atomic mass is 9.99. The van der Waals surface area contributed by atoms with Gasteiger partial charge >= 0.3 is 6.09 Å². The van der Waals surface area contributed by atoms with Gasteiger partial charge in [0, 0.05) is 18.7 Å². The monoisotopic (exact) mass is 347 g/mol. The van der Waals surface area contributed by atoms with Crippen molar-refractivity contribution in [3.05, 3.63) is 53.1 Å². The van der Waals surface area contributed by atoms with E-state index >= 15 is 0 Å². The maximum absolute atomic E-state index is 11.7. The molecule has 4 nitrogen and oxygen atoms in total. The zero-order chi connectivity index (χ0) is 17.5. The average Bonchev–Trinajstić information content (AvgIpc) is 2.58. The van der Waals surface area contributed by atoms with Gasteiger partial charge in [-0.1, -0.05) is 48.9 Å². The van der Waals surface area contributed by atoms with E-state index in [1.807, 2.05) is 24.3 Å². The lowest BCUT2D eigenvalue weighted by molar-refractivity contribution is 0.201. The number of aliphatic hydroxyl groups is 1. The highest BCUT2D eigenvalue weighted by Crippen LogP contribution is 2.37. The summed E-state index contributed by atoms with van der Waals surface area (Å²) in [7, 11) is 0. The number of anilines is 1. The number of hydrogen-bond acceptors (Lipinski definition) is 2. The van der Waals surface area contributed by atoms with Crippen LogP contribution in [-0.2, 0) is 6.42 Å². The normalized spacial score (nSPS) is 10.6. The number of nitrogens with zero attached hydrogens (tertiary/aromatic N) is 1. The summed E-state index contributed by atoms with van der Waals surface area (Å²) in [4.78, 5) is 13.0. The molecule has 2 aromatic rings. The van der Waals surface area contributed by atoms with Gasteiger partial charge < -0.3 is 10.2 Å². The Balaban J connectivity index is 2.49. The second-order valence-corrected chi connectivity index (χ2v) is 5.96. The van der Waals surface area contributed by atoms with E-state index in [4.69, 9.17) is 16.7 Å². The van der Waals surface area contributed by atoms with E-state index in [1.165, 1.54) is 10.5 Å². The van der Waals surface area contributed by atoms with Crippen LogP contribution in [0, 0.1) is 0 Å². The Morgan fingerprint density at radius 2 is 1.92 bits per heavy atom. The molecule has 0 aromatic heterocycles. The maximum atomic E-state index is 11.7. The molecule has 128 valence electrons. The van der Waals surface area contributed by atoms with E-state index in [-0.39, 0.29) is 6.61 Å². The predicted octanol–water partition coefficient (Wildman–Crippen LogP) is 4.83. The predicted molar refractivity (Wildman–Crippen MR) is 98.0 cm³/mol. The fourth-order valence-electron chi connectivity index (χ4n) is 2.67. The minimum atomic E-state index is -1.02. The molecule has 2 aromatic carbocycles. The molecule has 0 aliphatic rings. The molecule has 0 aliphatic heterocycles. The smallest absolute Gasteiger partial charge is 0.411 e. The highest BCUT2D eigenvalue weighted by Gasteiger charge is 2.20. The van der Waals surface area contributed by atoms with E-state index in [0.29, 0.717) is 30.1 Å². The third kappa shape index (κ3) is 4.28. The molecule has 0 unspecified atom stereocenters. The van der Waals surface area contributed by atoms with Gasteiger partial charge in [0.15, 0.2) is 0 Å². The van der Waals surface area contributed by atoms with E-state index in [9.17, 15) is 9.90 Å². The van der Waals surface area contributed by atoms with Crippen LogP contribution in [0.15, 0.2) is 42.5 Å². The van der Waals surface area contributed by atoms with Crippen molar-refractivity contribution in [1.29, 1.82) is 0 Å². The summed E-state index contributed by atoms with van der Waals surface area (Å²) in [5.41, 5.74) is 3.37. The molecule has 5 heteroatoms. The van der Waals surface area contributed by atoms with Crippen LogP contribution in [0.25, 0.3) is 11.1 Å². The van der Waals surface area contributed by atoms with Crippen molar-refractivity contribution in [2.24, 2.45) is 0 Å². The molecular formula is C19H22ClNO3. The van der Waals surface area contributed by atoms with Crippen molar-refractivity contribution >= 4 is 23.4 Å². The Labute approximate surface area is 147 Å². The molecule has 1 amide bonds. The standard InChI is InChI=1S/C19H22ClNO3/c1-2-14-7-5-8-15(13-14)18-16(20)9-6-10-17(18)21(19(23)24)11-3-4-12-22/h5-10,13,22H,2-4,11-12H2,1H3,(H,23,24). The Morgan fingerprint density at radius 3 is 2.58 bits per heavy atom. The van der Waals surface area contributed by atoms with Crippen LogP contribution in [0.2, 0.25) is 5.02 Å². The number of carbonyl (C=O) groups is 1. The first-order valence-corrected chi connectivity index (χ1v) is 8.45.